The molecular weight excluding hydrogens is 586 g/mol. The van der Waals surface area contributed by atoms with Gasteiger partial charge in [-0.1, -0.05) is 97.1 Å². The molecule has 4 unspecified atom stereocenters. The molecule has 0 aliphatic carbocycles. The van der Waals surface area contributed by atoms with Crippen molar-refractivity contribution in [1.82, 2.24) is 15.5 Å². The van der Waals surface area contributed by atoms with Crippen LogP contribution in [0.5, 0.6) is 0 Å². The zero-order valence-electron chi connectivity index (χ0n) is 25.5. The second-order valence-electron chi connectivity index (χ2n) is 11.5. The van der Waals surface area contributed by atoms with E-state index in [1.165, 1.54) is 0 Å². The van der Waals surface area contributed by atoms with E-state index in [1.54, 1.807) is 41.3 Å². The molecule has 0 fully saturated rings. The van der Waals surface area contributed by atoms with Gasteiger partial charge in [0.05, 0.1) is 25.1 Å². The van der Waals surface area contributed by atoms with Gasteiger partial charge in [0.1, 0.15) is 18.8 Å². The number of hydrogen-bond donors (Lipinski definition) is 3. The fourth-order valence-corrected chi connectivity index (χ4v) is 5.72. The van der Waals surface area contributed by atoms with Gasteiger partial charge in [-0.25, -0.2) is 9.59 Å². The molecule has 2 aliphatic heterocycles. The van der Waals surface area contributed by atoms with Gasteiger partial charge in [-0.15, -0.1) is 0 Å². The molecule has 10 nitrogen and oxygen atoms in total. The number of aliphatic hydroxyl groups excluding tert-OH is 1. The molecule has 240 valence electrons. The number of fused-ring (bicyclic) bond motifs is 1. The molecule has 3 aromatic carbocycles. The summed E-state index contributed by atoms with van der Waals surface area (Å²) in [6.07, 6.45) is 2.65. The van der Waals surface area contributed by atoms with Crippen LogP contribution >= 0.6 is 0 Å². The number of carbonyl (C=O) groups excluding carboxylic acids is 4. The molecule has 2 aliphatic rings. The maximum atomic E-state index is 13.6. The number of rotatable bonds is 7. The van der Waals surface area contributed by atoms with Crippen LogP contribution in [0.2, 0.25) is 0 Å². The molecule has 3 aromatic rings. The average molecular weight is 626 g/mol. The van der Waals surface area contributed by atoms with Crippen molar-refractivity contribution >= 4 is 23.9 Å². The van der Waals surface area contributed by atoms with Crippen LogP contribution in [0.3, 0.4) is 0 Å². The Morgan fingerprint density at radius 3 is 2.33 bits per heavy atom. The lowest BCUT2D eigenvalue weighted by Crippen LogP contribution is -2.47. The Bertz CT molecular complexity index is 1530. The number of amides is 3. The van der Waals surface area contributed by atoms with E-state index in [9.17, 15) is 24.3 Å². The number of cyclic esters (lactones) is 1. The lowest BCUT2D eigenvalue weighted by molar-refractivity contribution is -0.152. The van der Waals surface area contributed by atoms with Gasteiger partial charge in [0.15, 0.2) is 0 Å². The van der Waals surface area contributed by atoms with Gasteiger partial charge >= 0.3 is 12.1 Å². The van der Waals surface area contributed by atoms with E-state index >= 15 is 0 Å². The van der Waals surface area contributed by atoms with Crippen molar-refractivity contribution in [2.75, 3.05) is 13.2 Å². The van der Waals surface area contributed by atoms with Gasteiger partial charge < -0.3 is 30.1 Å². The highest BCUT2D eigenvalue weighted by atomic mass is 16.6. The van der Waals surface area contributed by atoms with Crippen LogP contribution in [0.4, 0.5) is 4.79 Å². The third-order valence-electron chi connectivity index (χ3n) is 8.32. The predicted molar refractivity (Wildman–Crippen MR) is 170 cm³/mol. The minimum absolute atomic E-state index is 0.0233. The molecule has 3 N–H and O–H groups in total. The van der Waals surface area contributed by atoms with Crippen LogP contribution in [-0.2, 0) is 43.4 Å². The van der Waals surface area contributed by atoms with Crippen LogP contribution in [0.15, 0.2) is 97.1 Å². The van der Waals surface area contributed by atoms with Crippen molar-refractivity contribution in [2.45, 2.75) is 57.0 Å². The molecule has 0 saturated carbocycles. The first-order chi connectivity index (χ1) is 22.4. The molecular formula is C36H39N3O7. The summed E-state index contributed by atoms with van der Waals surface area (Å²) in [7, 11) is 0. The van der Waals surface area contributed by atoms with Gasteiger partial charge in [0.2, 0.25) is 11.8 Å². The maximum Gasteiger partial charge on any atom is 0.408 e. The molecule has 0 bridgehead atoms. The molecule has 0 radical (unpaired) electrons. The summed E-state index contributed by atoms with van der Waals surface area (Å²) in [6.45, 7) is 0.205. The zero-order valence-corrected chi connectivity index (χ0v) is 25.5. The van der Waals surface area contributed by atoms with E-state index in [2.05, 4.69) is 10.6 Å². The molecule has 0 aromatic heterocycles. The molecule has 3 amide bonds. The molecule has 5 rings (SSSR count). The average Bonchev–Trinajstić information content (AvgIpc) is 3.09. The Morgan fingerprint density at radius 2 is 1.59 bits per heavy atom. The molecule has 46 heavy (non-hydrogen) atoms. The number of esters is 1. The summed E-state index contributed by atoms with van der Waals surface area (Å²) in [5.74, 6) is -1.93. The topological polar surface area (TPSA) is 134 Å². The van der Waals surface area contributed by atoms with E-state index in [0.29, 0.717) is 18.5 Å². The van der Waals surface area contributed by atoms with Crippen LogP contribution in [-0.4, -0.2) is 59.1 Å². The van der Waals surface area contributed by atoms with Crippen molar-refractivity contribution < 1.29 is 33.8 Å². The highest BCUT2D eigenvalue weighted by molar-refractivity contribution is 5.86. The van der Waals surface area contributed by atoms with Crippen molar-refractivity contribution in [3.8, 4) is 0 Å². The van der Waals surface area contributed by atoms with Crippen molar-refractivity contribution in [2.24, 2.45) is 5.92 Å². The number of ether oxygens (including phenoxy) is 2. The Balaban J connectivity index is 1.31. The number of carbonyl (C=O) groups is 4. The van der Waals surface area contributed by atoms with Crippen molar-refractivity contribution in [3.05, 3.63) is 119 Å². The number of alkyl carbamates (subject to hydrolysis) is 1. The first-order valence-electron chi connectivity index (χ1n) is 15.5. The molecule has 0 spiro atoms. The summed E-state index contributed by atoms with van der Waals surface area (Å²) < 4.78 is 11.2. The molecule has 0 saturated heterocycles. The first-order valence-corrected chi connectivity index (χ1v) is 15.5. The van der Waals surface area contributed by atoms with E-state index < -0.39 is 30.1 Å². The summed E-state index contributed by atoms with van der Waals surface area (Å²) in [5.41, 5.74) is 3.60. The highest BCUT2D eigenvalue weighted by Crippen LogP contribution is 2.26. The lowest BCUT2D eigenvalue weighted by Gasteiger charge is -2.36. The van der Waals surface area contributed by atoms with Crippen molar-refractivity contribution in [1.29, 1.82) is 0 Å². The van der Waals surface area contributed by atoms with Gasteiger partial charge in [-0.3, -0.25) is 9.59 Å². The Morgan fingerprint density at radius 1 is 0.913 bits per heavy atom. The third-order valence-corrected chi connectivity index (χ3v) is 8.32. The summed E-state index contributed by atoms with van der Waals surface area (Å²) >= 11 is 0. The fraction of sp³-hybridized carbons (Fsp3) is 0.333. The third kappa shape index (κ3) is 8.60. The Labute approximate surface area is 268 Å². The number of hydrogen-bond acceptors (Lipinski definition) is 7. The fourth-order valence-electron chi connectivity index (χ4n) is 5.72. The van der Waals surface area contributed by atoms with Gasteiger partial charge in [0, 0.05) is 13.0 Å². The van der Waals surface area contributed by atoms with E-state index in [4.69, 9.17) is 9.47 Å². The van der Waals surface area contributed by atoms with Gasteiger partial charge in [0.25, 0.3) is 0 Å². The minimum Gasteiger partial charge on any atom is -0.454 e. The number of nitrogens with one attached hydrogen (secondary N) is 2. The Hall–Kier alpha value is -4.96. The molecule has 10 heteroatoms. The molecule has 4 atom stereocenters. The van der Waals surface area contributed by atoms with E-state index in [0.717, 1.165) is 16.7 Å². The SMILES string of the molecule is O=C(NC1CC=CCC(CC(=O)N2Cc3ccccc3CC2CO)C(=O)NCC(c2ccccc2)OC1=O)OCc1ccccc1. The van der Waals surface area contributed by atoms with Crippen LogP contribution in [0.25, 0.3) is 0 Å². The number of allylic oxidation sites excluding steroid dienone is 1. The number of benzene rings is 3. The van der Waals surface area contributed by atoms with Gasteiger partial charge in [-0.05, 0) is 41.5 Å². The number of nitrogens with zero attached hydrogens (tertiary/aromatic N) is 1. The lowest BCUT2D eigenvalue weighted by atomic mass is 9.92. The summed E-state index contributed by atoms with van der Waals surface area (Å²) in [4.78, 5) is 54.7. The maximum absolute atomic E-state index is 13.6. The van der Waals surface area contributed by atoms with Crippen molar-refractivity contribution in [3.63, 3.8) is 0 Å². The first kappa shape index (κ1) is 32.4. The van der Waals surface area contributed by atoms with E-state index in [1.807, 2.05) is 60.7 Å². The largest absolute Gasteiger partial charge is 0.454 e. The minimum atomic E-state index is -1.04. The van der Waals surface area contributed by atoms with Gasteiger partial charge in [-0.2, -0.15) is 0 Å². The Kier molecular flexibility index (Phi) is 11.2. The van der Waals surface area contributed by atoms with Crippen LogP contribution < -0.4 is 10.6 Å². The molecule has 2 heterocycles. The normalized spacial score (nSPS) is 21.9. The smallest absolute Gasteiger partial charge is 0.408 e. The highest BCUT2D eigenvalue weighted by Gasteiger charge is 2.33. The predicted octanol–water partition coefficient (Wildman–Crippen LogP) is 3.98. The van der Waals surface area contributed by atoms with E-state index in [-0.39, 0.29) is 56.9 Å². The standard InChI is InChI=1S/C36H39N3O7/c40-23-30-19-27-15-7-8-17-29(27)22-39(30)33(41)20-28-16-9-10-18-31(38-36(44)45-24-25-11-3-1-4-12-25)35(43)46-32(21-37-34(28)42)26-13-5-2-6-14-26/h1-15,17,28,30-32,40H,16,18-24H2,(H,37,42)(H,38,44). The quantitative estimate of drug-likeness (QED) is 0.267. The number of aliphatic hydroxyl groups is 1. The van der Waals surface area contributed by atoms with Crippen LogP contribution in [0, 0.1) is 5.92 Å². The second kappa shape index (κ2) is 15.9. The monoisotopic (exact) mass is 625 g/mol. The van der Waals surface area contributed by atoms with Crippen LogP contribution in [0.1, 0.15) is 47.6 Å². The summed E-state index contributed by atoms with van der Waals surface area (Å²) in [6, 6.07) is 24.6. The summed E-state index contributed by atoms with van der Waals surface area (Å²) in [5, 5.41) is 15.6. The zero-order chi connectivity index (χ0) is 32.3. The second-order valence-corrected chi connectivity index (χ2v) is 11.5.